The van der Waals surface area contributed by atoms with Gasteiger partial charge < -0.3 is 19.7 Å². The van der Waals surface area contributed by atoms with Crippen molar-refractivity contribution in [3.63, 3.8) is 0 Å². The standard InChI is InChI=1S/C23H32N2O5/c1-23(2,3)22(28)24-10-4-5-20(26)25-11-8-16(9-12-25)21(27)17-6-7-18-19(15-17)30-14-13-29-18/h6-7,15-16H,4-5,8-14H2,1-3H3,(H,24,28). The Bertz CT molecular complexity index is 791. The molecule has 164 valence electrons. The Labute approximate surface area is 178 Å². The molecule has 1 aromatic carbocycles. The Balaban J connectivity index is 1.42. The lowest BCUT2D eigenvalue weighted by molar-refractivity contribution is -0.133. The van der Waals surface area contributed by atoms with E-state index in [0.717, 1.165) is 0 Å². The molecule has 3 rings (SSSR count). The molecule has 0 atom stereocenters. The third-order valence-electron chi connectivity index (χ3n) is 5.58. The number of fused-ring (bicyclic) bond motifs is 1. The molecule has 2 aliphatic rings. The fourth-order valence-corrected chi connectivity index (χ4v) is 3.69. The molecule has 2 amide bonds. The van der Waals surface area contributed by atoms with Gasteiger partial charge >= 0.3 is 0 Å². The Morgan fingerprint density at radius 1 is 1.07 bits per heavy atom. The summed E-state index contributed by atoms with van der Waals surface area (Å²) in [5.74, 6) is 1.40. The maximum absolute atomic E-state index is 12.9. The van der Waals surface area contributed by atoms with Crippen molar-refractivity contribution < 1.29 is 23.9 Å². The maximum atomic E-state index is 12.9. The van der Waals surface area contributed by atoms with Gasteiger partial charge in [0.15, 0.2) is 17.3 Å². The lowest BCUT2D eigenvalue weighted by atomic mass is 9.88. The van der Waals surface area contributed by atoms with Gasteiger partial charge in [0.1, 0.15) is 13.2 Å². The number of likely N-dealkylation sites (tertiary alicyclic amines) is 1. The minimum absolute atomic E-state index is 0.00610. The lowest BCUT2D eigenvalue weighted by Crippen LogP contribution is -2.40. The third kappa shape index (κ3) is 5.52. The zero-order valence-corrected chi connectivity index (χ0v) is 18.2. The molecule has 7 nitrogen and oxygen atoms in total. The first-order valence-corrected chi connectivity index (χ1v) is 10.8. The molecule has 0 spiro atoms. The number of carbonyl (C=O) groups is 3. The van der Waals surface area contributed by atoms with E-state index in [4.69, 9.17) is 9.47 Å². The van der Waals surface area contributed by atoms with Gasteiger partial charge in [-0.2, -0.15) is 0 Å². The van der Waals surface area contributed by atoms with E-state index >= 15 is 0 Å². The number of nitrogens with zero attached hydrogens (tertiary/aromatic N) is 1. The summed E-state index contributed by atoms with van der Waals surface area (Å²) in [5.41, 5.74) is 0.217. The number of carbonyl (C=O) groups excluding carboxylic acids is 3. The molecular formula is C23H32N2O5. The highest BCUT2D eigenvalue weighted by Crippen LogP contribution is 2.32. The van der Waals surface area contributed by atoms with Crippen LogP contribution in [0.1, 0.15) is 56.8 Å². The van der Waals surface area contributed by atoms with Crippen molar-refractivity contribution in [1.29, 1.82) is 0 Å². The molecule has 1 N–H and O–H groups in total. The van der Waals surface area contributed by atoms with E-state index in [0.29, 0.717) is 75.6 Å². The molecule has 0 unspecified atom stereocenters. The number of nitrogens with one attached hydrogen (secondary N) is 1. The van der Waals surface area contributed by atoms with Crippen LogP contribution in [0.5, 0.6) is 11.5 Å². The van der Waals surface area contributed by atoms with Crippen LogP contribution in [0.2, 0.25) is 0 Å². The van der Waals surface area contributed by atoms with E-state index in [1.54, 1.807) is 18.2 Å². The highest BCUT2D eigenvalue weighted by Gasteiger charge is 2.28. The number of hydrogen-bond donors (Lipinski definition) is 1. The summed E-state index contributed by atoms with van der Waals surface area (Å²) in [7, 11) is 0. The molecule has 1 aromatic rings. The van der Waals surface area contributed by atoms with Crippen LogP contribution < -0.4 is 14.8 Å². The smallest absolute Gasteiger partial charge is 0.225 e. The third-order valence-corrected chi connectivity index (χ3v) is 5.58. The Morgan fingerprint density at radius 3 is 2.40 bits per heavy atom. The number of ether oxygens (including phenoxy) is 2. The zero-order chi connectivity index (χ0) is 21.7. The molecular weight excluding hydrogens is 384 g/mol. The average Bonchev–Trinajstić information content (AvgIpc) is 2.75. The normalized spacial score (nSPS) is 16.8. The average molecular weight is 417 g/mol. The number of Topliss-reactive ketones (excluding diaryl/α,β-unsaturated/α-hetero) is 1. The van der Waals surface area contributed by atoms with Gasteiger partial charge in [-0.1, -0.05) is 20.8 Å². The molecule has 0 aromatic heterocycles. The van der Waals surface area contributed by atoms with Crippen molar-refractivity contribution in [3.8, 4) is 11.5 Å². The van der Waals surface area contributed by atoms with Gasteiger partial charge in [0.05, 0.1) is 0 Å². The van der Waals surface area contributed by atoms with Gasteiger partial charge in [0.2, 0.25) is 11.8 Å². The second-order valence-corrected chi connectivity index (χ2v) is 8.99. The van der Waals surface area contributed by atoms with Crippen molar-refractivity contribution in [2.45, 2.75) is 46.5 Å². The lowest BCUT2D eigenvalue weighted by Gasteiger charge is -2.31. The number of piperidine rings is 1. The predicted octanol–water partition coefficient (Wildman–Crippen LogP) is 2.82. The zero-order valence-electron chi connectivity index (χ0n) is 18.2. The van der Waals surface area contributed by atoms with Gasteiger partial charge in [-0.3, -0.25) is 14.4 Å². The maximum Gasteiger partial charge on any atom is 0.225 e. The van der Waals surface area contributed by atoms with E-state index in [-0.39, 0.29) is 23.5 Å². The fourth-order valence-electron chi connectivity index (χ4n) is 3.69. The SMILES string of the molecule is CC(C)(C)C(=O)NCCCC(=O)N1CCC(C(=O)c2ccc3c(c2)OCCO3)CC1. The van der Waals surface area contributed by atoms with E-state index in [1.165, 1.54) is 0 Å². The predicted molar refractivity (Wildman–Crippen MR) is 113 cm³/mol. The second kappa shape index (κ2) is 9.49. The van der Waals surface area contributed by atoms with Crippen LogP contribution in [0, 0.1) is 11.3 Å². The highest BCUT2D eigenvalue weighted by atomic mass is 16.6. The summed E-state index contributed by atoms with van der Waals surface area (Å²) >= 11 is 0. The van der Waals surface area contributed by atoms with Gasteiger partial charge in [0, 0.05) is 43.0 Å². The molecule has 2 heterocycles. The van der Waals surface area contributed by atoms with Crippen LogP contribution in [-0.4, -0.2) is 55.3 Å². The van der Waals surface area contributed by atoms with Crippen LogP contribution in [0.4, 0.5) is 0 Å². The number of benzene rings is 1. The first-order chi connectivity index (χ1) is 14.3. The molecule has 0 radical (unpaired) electrons. The van der Waals surface area contributed by atoms with Crippen LogP contribution >= 0.6 is 0 Å². The number of hydrogen-bond acceptors (Lipinski definition) is 5. The molecule has 0 aliphatic carbocycles. The quantitative estimate of drug-likeness (QED) is 0.569. The van der Waals surface area contributed by atoms with E-state index in [2.05, 4.69) is 5.32 Å². The molecule has 0 saturated carbocycles. The summed E-state index contributed by atoms with van der Waals surface area (Å²) in [4.78, 5) is 39.0. The van der Waals surface area contributed by atoms with E-state index in [1.807, 2.05) is 25.7 Å². The van der Waals surface area contributed by atoms with Gasteiger partial charge in [-0.25, -0.2) is 0 Å². The molecule has 1 saturated heterocycles. The highest BCUT2D eigenvalue weighted by molar-refractivity contribution is 5.98. The van der Waals surface area contributed by atoms with Crippen molar-refractivity contribution in [1.82, 2.24) is 10.2 Å². The first kappa shape index (κ1) is 22.1. The minimum atomic E-state index is -0.421. The Morgan fingerprint density at radius 2 is 1.73 bits per heavy atom. The van der Waals surface area contributed by atoms with Crippen molar-refractivity contribution >= 4 is 17.6 Å². The largest absolute Gasteiger partial charge is 0.486 e. The summed E-state index contributed by atoms with van der Waals surface area (Å²) in [6, 6.07) is 5.35. The van der Waals surface area contributed by atoms with Gasteiger partial charge in [0.25, 0.3) is 0 Å². The monoisotopic (exact) mass is 416 g/mol. The Hall–Kier alpha value is -2.57. The van der Waals surface area contributed by atoms with Crippen molar-refractivity contribution in [3.05, 3.63) is 23.8 Å². The summed E-state index contributed by atoms with van der Waals surface area (Å²) in [6.45, 7) is 8.29. The van der Waals surface area contributed by atoms with Crippen molar-refractivity contribution in [2.75, 3.05) is 32.8 Å². The number of amides is 2. The van der Waals surface area contributed by atoms with Crippen LogP contribution in [-0.2, 0) is 9.59 Å². The van der Waals surface area contributed by atoms with Crippen molar-refractivity contribution in [2.24, 2.45) is 11.3 Å². The summed E-state index contributed by atoms with van der Waals surface area (Å²) < 4.78 is 11.1. The summed E-state index contributed by atoms with van der Waals surface area (Å²) in [5, 5.41) is 2.87. The topological polar surface area (TPSA) is 84.9 Å². The van der Waals surface area contributed by atoms with Crippen LogP contribution in [0.3, 0.4) is 0 Å². The number of rotatable bonds is 6. The van der Waals surface area contributed by atoms with E-state index < -0.39 is 5.41 Å². The molecule has 30 heavy (non-hydrogen) atoms. The fraction of sp³-hybridized carbons (Fsp3) is 0.609. The molecule has 7 heteroatoms. The minimum Gasteiger partial charge on any atom is -0.486 e. The number of ketones is 1. The molecule has 1 fully saturated rings. The summed E-state index contributed by atoms with van der Waals surface area (Å²) in [6.07, 6.45) is 2.36. The second-order valence-electron chi connectivity index (χ2n) is 8.99. The molecule has 2 aliphatic heterocycles. The van der Waals surface area contributed by atoms with Crippen LogP contribution in [0.25, 0.3) is 0 Å². The molecule has 0 bridgehead atoms. The van der Waals surface area contributed by atoms with Crippen LogP contribution in [0.15, 0.2) is 18.2 Å². The first-order valence-electron chi connectivity index (χ1n) is 10.8. The Kier molecular flexibility index (Phi) is 7.00. The van der Waals surface area contributed by atoms with Gasteiger partial charge in [-0.15, -0.1) is 0 Å². The van der Waals surface area contributed by atoms with E-state index in [9.17, 15) is 14.4 Å². The van der Waals surface area contributed by atoms with Gasteiger partial charge in [-0.05, 0) is 37.5 Å².